The number of halogens is 2. The molecule has 1 N–H and O–H groups in total. The second kappa shape index (κ2) is 3.20. The predicted molar refractivity (Wildman–Crippen MR) is 55.4 cm³/mol. The molecule has 5 heteroatoms. The summed E-state index contributed by atoms with van der Waals surface area (Å²) in [5, 5.41) is 0.575. The zero-order valence-corrected chi connectivity index (χ0v) is 9.11. The third-order valence-corrected chi connectivity index (χ3v) is 2.40. The first-order chi connectivity index (χ1) is 6.20. The van der Waals surface area contributed by atoms with E-state index in [1.807, 2.05) is 0 Å². The lowest BCUT2D eigenvalue weighted by Gasteiger charge is -2.00. The van der Waals surface area contributed by atoms with Gasteiger partial charge < -0.3 is 9.72 Å². The molecule has 13 heavy (non-hydrogen) atoms. The highest BCUT2D eigenvalue weighted by Gasteiger charge is 2.06. The van der Waals surface area contributed by atoms with Crippen molar-refractivity contribution in [1.29, 1.82) is 0 Å². The average Bonchev–Trinajstić information content (AvgIpc) is 2.42. The first-order valence-corrected chi connectivity index (χ1v) is 4.76. The van der Waals surface area contributed by atoms with Crippen LogP contribution >= 0.6 is 27.5 Å². The van der Waals surface area contributed by atoms with Gasteiger partial charge in [0.15, 0.2) is 4.73 Å². The number of methoxy groups -OCH3 is 1. The van der Waals surface area contributed by atoms with Crippen LogP contribution in [0.5, 0.6) is 5.75 Å². The van der Waals surface area contributed by atoms with Crippen molar-refractivity contribution in [3.05, 3.63) is 21.9 Å². The van der Waals surface area contributed by atoms with Crippen molar-refractivity contribution in [2.24, 2.45) is 0 Å². The molecule has 0 aliphatic carbocycles. The maximum absolute atomic E-state index is 5.92. The number of aromatic nitrogens is 2. The standard InChI is InChI=1S/C8H6BrClN2O/c1-13-7-3-6-5(2-4(7)10)11-8(9)12-6/h2-3H,1H3,(H,11,12). The minimum Gasteiger partial charge on any atom is -0.495 e. The lowest BCUT2D eigenvalue weighted by molar-refractivity contribution is 0.415. The number of aromatic amines is 1. The van der Waals surface area contributed by atoms with Gasteiger partial charge in [0.25, 0.3) is 0 Å². The molecule has 0 amide bonds. The second-order valence-corrected chi connectivity index (χ2v) is 3.69. The first-order valence-electron chi connectivity index (χ1n) is 3.59. The van der Waals surface area contributed by atoms with Crippen LogP contribution < -0.4 is 4.74 Å². The van der Waals surface area contributed by atoms with Gasteiger partial charge in [0.2, 0.25) is 0 Å². The van der Waals surface area contributed by atoms with E-state index in [0.717, 1.165) is 11.0 Å². The topological polar surface area (TPSA) is 37.9 Å². The van der Waals surface area contributed by atoms with Gasteiger partial charge >= 0.3 is 0 Å². The zero-order chi connectivity index (χ0) is 9.42. The van der Waals surface area contributed by atoms with Gasteiger partial charge in [-0.05, 0) is 22.0 Å². The Kier molecular flexibility index (Phi) is 2.17. The molecule has 0 saturated heterocycles. The molecule has 0 bridgehead atoms. The van der Waals surface area contributed by atoms with Crippen molar-refractivity contribution in [2.75, 3.05) is 7.11 Å². The summed E-state index contributed by atoms with van der Waals surface area (Å²) in [6, 6.07) is 3.58. The molecule has 2 rings (SSSR count). The number of H-pyrrole nitrogens is 1. The van der Waals surface area contributed by atoms with Gasteiger partial charge in [-0.1, -0.05) is 11.6 Å². The fourth-order valence-corrected chi connectivity index (χ4v) is 1.78. The van der Waals surface area contributed by atoms with Crippen LogP contribution in [0.3, 0.4) is 0 Å². The number of benzene rings is 1. The summed E-state index contributed by atoms with van der Waals surface area (Å²) in [6.07, 6.45) is 0. The zero-order valence-electron chi connectivity index (χ0n) is 6.77. The van der Waals surface area contributed by atoms with Gasteiger partial charge in [-0.3, -0.25) is 0 Å². The Bertz CT molecular complexity index is 455. The van der Waals surface area contributed by atoms with Crippen LogP contribution in [0.25, 0.3) is 11.0 Å². The molecule has 0 aliphatic heterocycles. The molecule has 1 aromatic heterocycles. The van der Waals surface area contributed by atoms with Crippen LogP contribution in [0.2, 0.25) is 5.02 Å². The highest BCUT2D eigenvalue weighted by Crippen LogP contribution is 2.29. The van der Waals surface area contributed by atoms with Gasteiger partial charge in [-0.25, -0.2) is 4.98 Å². The fraction of sp³-hybridized carbons (Fsp3) is 0.125. The summed E-state index contributed by atoms with van der Waals surface area (Å²) in [5.41, 5.74) is 1.71. The maximum atomic E-state index is 5.92. The molecule has 0 saturated carbocycles. The van der Waals surface area contributed by atoms with Crippen LogP contribution in [0.1, 0.15) is 0 Å². The Morgan fingerprint density at radius 1 is 1.54 bits per heavy atom. The smallest absolute Gasteiger partial charge is 0.175 e. The Morgan fingerprint density at radius 3 is 3.00 bits per heavy atom. The molecule has 0 unspecified atom stereocenters. The lowest BCUT2D eigenvalue weighted by atomic mass is 10.3. The first kappa shape index (κ1) is 8.84. The van der Waals surface area contributed by atoms with E-state index in [9.17, 15) is 0 Å². The SMILES string of the molecule is COc1cc2nc(Br)[nH]c2cc1Cl. The highest BCUT2D eigenvalue weighted by molar-refractivity contribution is 9.10. The van der Waals surface area contributed by atoms with Gasteiger partial charge in [0.05, 0.1) is 23.2 Å². The summed E-state index contributed by atoms with van der Waals surface area (Å²) >= 11 is 9.17. The van der Waals surface area contributed by atoms with Crippen LogP contribution in [-0.4, -0.2) is 17.1 Å². The normalized spacial score (nSPS) is 10.7. The number of fused-ring (bicyclic) bond motifs is 1. The number of ether oxygens (including phenoxy) is 1. The second-order valence-electron chi connectivity index (χ2n) is 2.53. The van der Waals surface area contributed by atoms with E-state index in [0.29, 0.717) is 15.5 Å². The van der Waals surface area contributed by atoms with Crippen LogP contribution in [0, 0.1) is 0 Å². The number of hydrogen-bond acceptors (Lipinski definition) is 2. The maximum Gasteiger partial charge on any atom is 0.175 e. The van der Waals surface area contributed by atoms with Crippen molar-refractivity contribution in [3.8, 4) is 5.75 Å². The molecule has 68 valence electrons. The van der Waals surface area contributed by atoms with Crippen molar-refractivity contribution < 1.29 is 4.74 Å². The van der Waals surface area contributed by atoms with E-state index in [1.165, 1.54) is 0 Å². The molecule has 0 fully saturated rings. The van der Waals surface area contributed by atoms with Crippen molar-refractivity contribution >= 4 is 38.6 Å². The molecule has 3 nitrogen and oxygen atoms in total. The van der Waals surface area contributed by atoms with E-state index in [2.05, 4.69) is 25.9 Å². The molecule has 1 aromatic carbocycles. The Hall–Kier alpha value is -0.740. The van der Waals surface area contributed by atoms with Crippen LogP contribution in [0.15, 0.2) is 16.9 Å². The van der Waals surface area contributed by atoms with E-state index >= 15 is 0 Å². The van der Waals surface area contributed by atoms with E-state index < -0.39 is 0 Å². The monoisotopic (exact) mass is 260 g/mol. The average molecular weight is 262 g/mol. The minimum atomic E-state index is 0.575. The van der Waals surface area contributed by atoms with Crippen LogP contribution in [0.4, 0.5) is 0 Å². The molecule has 0 spiro atoms. The summed E-state index contributed by atoms with van der Waals surface area (Å²) < 4.78 is 5.75. The number of nitrogens with one attached hydrogen (secondary N) is 1. The molecular formula is C8H6BrClN2O. The van der Waals surface area contributed by atoms with Gasteiger partial charge in [0.1, 0.15) is 5.75 Å². The number of hydrogen-bond donors (Lipinski definition) is 1. The number of rotatable bonds is 1. The molecule has 0 radical (unpaired) electrons. The van der Waals surface area contributed by atoms with Crippen molar-refractivity contribution in [2.45, 2.75) is 0 Å². The van der Waals surface area contributed by atoms with Gasteiger partial charge in [-0.15, -0.1) is 0 Å². The van der Waals surface area contributed by atoms with Crippen LogP contribution in [-0.2, 0) is 0 Å². The number of nitrogens with zero attached hydrogens (tertiary/aromatic N) is 1. The predicted octanol–water partition coefficient (Wildman–Crippen LogP) is 2.99. The minimum absolute atomic E-state index is 0.575. The molecule has 0 atom stereocenters. The summed E-state index contributed by atoms with van der Waals surface area (Å²) in [5.74, 6) is 0.633. The van der Waals surface area contributed by atoms with E-state index in [1.54, 1.807) is 19.2 Å². The fourth-order valence-electron chi connectivity index (χ4n) is 1.14. The largest absolute Gasteiger partial charge is 0.495 e. The third-order valence-electron chi connectivity index (χ3n) is 1.73. The molecule has 0 aliphatic rings. The quantitative estimate of drug-likeness (QED) is 0.857. The van der Waals surface area contributed by atoms with Gasteiger partial charge in [-0.2, -0.15) is 0 Å². The Labute approximate surface area is 88.2 Å². The van der Waals surface area contributed by atoms with E-state index in [4.69, 9.17) is 16.3 Å². The summed E-state index contributed by atoms with van der Waals surface area (Å²) in [4.78, 5) is 7.20. The van der Waals surface area contributed by atoms with Gasteiger partial charge in [0, 0.05) is 6.07 Å². The molecular weight excluding hydrogens is 255 g/mol. The van der Waals surface area contributed by atoms with Crippen molar-refractivity contribution in [3.63, 3.8) is 0 Å². The van der Waals surface area contributed by atoms with Crippen molar-refractivity contribution in [1.82, 2.24) is 9.97 Å². The highest BCUT2D eigenvalue weighted by atomic mass is 79.9. The lowest BCUT2D eigenvalue weighted by Crippen LogP contribution is -1.83. The van der Waals surface area contributed by atoms with E-state index in [-0.39, 0.29) is 0 Å². The molecule has 1 heterocycles. The summed E-state index contributed by atoms with van der Waals surface area (Å²) in [6.45, 7) is 0. The third kappa shape index (κ3) is 1.51. The number of imidazole rings is 1. The Balaban J connectivity index is 2.72. The summed E-state index contributed by atoms with van der Waals surface area (Å²) in [7, 11) is 1.58. The Morgan fingerprint density at radius 2 is 2.31 bits per heavy atom. The molecule has 2 aromatic rings.